The molecule has 1 aromatic heterocycles. The maximum atomic E-state index is 12.3. The third-order valence-electron chi connectivity index (χ3n) is 1.31. The molecule has 5 heteroatoms. The first-order valence-corrected chi connectivity index (χ1v) is 4.58. The van der Waals surface area contributed by atoms with E-state index < -0.39 is 6.43 Å². The summed E-state index contributed by atoms with van der Waals surface area (Å²) in [5.41, 5.74) is 0.469. The van der Waals surface area contributed by atoms with Gasteiger partial charge in [-0.15, -0.1) is 0 Å². The summed E-state index contributed by atoms with van der Waals surface area (Å²) in [6.07, 6.45) is -2.56. The molecular weight excluding hydrogens is 298 g/mol. The van der Waals surface area contributed by atoms with Crippen molar-refractivity contribution in [3.05, 3.63) is 26.0 Å². The smallest absolute Gasteiger partial charge is 0.247 e. The molecule has 0 bridgehead atoms. The summed E-state index contributed by atoms with van der Waals surface area (Å²) in [6, 6.07) is 1.44. The van der Waals surface area contributed by atoms with Crippen LogP contribution in [0.5, 0.6) is 0 Å². The lowest BCUT2D eigenvalue weighted by Gasteiger charge is -2.05. The zero-order valence-electron chi connectivity index (χ0n) is 6.11. The van der Waals surface area contributed by atoms with E-state index in [2.05, 4.69) is 4.98 Å². The summed E-state index contributed by atoms with van der Waals surface area (Å²) in [5.74, 6) is 0. The zero-order chi connectivity index (χ0) is 9.30. The average molecular weight is 303 g/mol. The highest BCUT2D eigenvalue weighted by atomic mass is 127. The first kappa shape index (κ1) is 10.1. The number of nitrogens with zero attached hydrogens (tertiary/aromatic N) is 1. The molecule has 0 amide bonds. The van der Waals surface area contributed by atoms with Crippen molar-refractivity contribution in [3.8, 4) is 0 Å². The molecule has 0 saturated carbocycles. The standard InChI is InChI=1S/C7H5ClF2IN/c1-3-2-4(8)5(6(9)10)7(11)12-3/h2,6H,1H3. The van der Waals surface area contributed by atoms with Crippen molar-refractivity contribution in [1.29, 1.82) is 0 Å². The maximum Gasteiger partial charge on any atom is 0.267 e. The first-order valence-electron chi connectivity index (χ1n) is 3.13. The number of aryl methyl sites for hydroxylation is 1. The van der Waals surface area contributed by atoms with Gasteiger partial charge in [-0.25, -0.2) is 13.8 Å². The molecule has 0 radical (unpaired) electrons. The zero-order valence-corrected chi connectivity index (χ0v) is 9.03. The number of aromatic nitrogens is 1. The lowest BCUT2D eigenvalue weighted by Crippen LogP contribution is -1.96. The number of halogens is 4. The van der Waals surface area contributed by atoms with Crippen molar-refractivity contribution in [3.63, 3.8) is 0 Å². The van der Waals surface area contributed by atoms with Gasteiger partial charge < -0.3 is 0 Å². The summed E-state index contributed by atoms with van der Waals surface area (Å²) in [6.45, 7) is 1.71. The van der Waals surface area contributed by atoms with Crippen LogP contribution in [0.25, 0.3) is 0 Å². The number of hydrogen-bond donors (Lipinski definition) is 0. The Morgan fingerprint density at radius 2 is 2.17 bits per heavy atom. The van der Waals surface area contributed by atoms with Gasteiger partial charge >= 0.3 is 0 Å². The molecule has 0 fully saturated rings. The molecule has 1 aromatic rings. The van der Waals surface area contributed by atoms with Gasteiger partial charge in [-0.1, -0.05) is 11.6 Å². The molecule has 0 N–H and O–H groups in total. The van der Waals surface area contributed by atoms with Crippen LogP contribution in [0.1, 0.15) is 17.7 Å². The predicted octanol–water partition coefficient (Wildman–Crippen LogP) is 3.59. The summed E-state index contributed by atoms with van der Waals surface area (Å²) in [4.78, 5) is 3.88. The van der Waals surface area contributed by atoms with Crippen molar-refractivity contribution in [1.82, 2.24) is 4.98 Å². The van der Waals surface area contributed by atoms with E-state index in [1.807, 2.05) is 0 Å². The first-order chi connectivity index (χ1) is 5.52. The number of hydrogen-bond acceptors (Lipinski definition) is 1. The predicted molar refractivity (Wildman–Crippen MR) is 51.7 cm³/mol. The third kappa shape index (κ3) is 2.04. The summed E-state index contributed by atoms with van der Waals surface area (Å²) >= 11 is 7.36. The fourth-order valence-corrected chi connectivity index (χ4v) is 2.20. The van der Waals surface area contributed by atoms with Crippen molar-refractivity contribution in [2.24, 2.45) is 0 Å². The second-order valence-electron chi connectivity index (χ2n) is 2.25. The van der Waals surface area contributed by atoms with Gasteiger partial charge in [0, 0.05) is 5.69 Å². The topological polar surface area (TPSA) is 12.9 Å². The molecule has 1 nitrogen and oxygen atoms in total. The molecule has 0 atom stereocenters. The number of pyridine rings is 1. The van der Waals surface area contributed by atoms with Gasteiger partial charge in [0.1, 0.15) is 3.70 Å². The Morgan fingerprint density at radius 3 is 2.58 bits per heavy atom. The molecule has 12 heavy (non-hydrogen) atoms. The van der Waals surface area contributed by atoms with Crippen LogP contribution < -0.4 is 0 Å². The average Bonchev–Trinajstić information content (AvgIpc) is 1.82. The van der Waals surface area contributed by atoms with Crippen molar-refractivity contribution in [2.45, 2.75) is 13.3 Å². The Balaban J connectivity index is 3.28. The Bertz CT molecular complexity index is 280. The van der Waals surface area contributed by atoms with E-state index in [1.165, 1.54) is 6.07 Å². The molecule has 0 aliphatic heterocycles. The van der Waals surface area contributed by atoms with Crippen molar-refractivity contribution < 1.29 is 8.78 Å². The number of rotatable bonds is 1. The Kier molecular flexibility index (Phi) is 3.22. The van der Waals surface area contributed by atoms with Crippen LogP contribution in [-0.4, -0.2) is 4.98 Å². The SMILES string of the molecule is Cc1cc(Cl)c(C(F)F)c(I)n1. The Hall–Kier alpha value is 0.0300. The van der Waals surface area contributed by atoms with E-state index in [0.29, 0.717) is 5.69 Å². The minimum atomic E-state index is -2.56. The van der Waals surface area contributed by atoms with Gasteiger partial charge in [-0.3, -0.25) is 0 Å². The van der Waals surface area contributed by atoms with Crippen LogP contribution in [0.4, 0.5) is 8.78 Å². The van der Waals surface area contributed by atoms with Crippen LogP contribution in [0, 0.1) is 10.6 Å². The molecule has 66 valence electrons. The molecular formula is C7H5ClF2IN. The molecule has 0 unspecified atom stereocenters. The minimum Gasteiger partial charge on any atom is -0.247 e. The highest BCUT2D eigenvalue weighted by Gasteiger charge is 2.17. The van der Waals surface area contributed by atoms with Crippen molar-refractivity contribution in [2.75, 3.05) is 0 Å². The van der Waals surface area contributed by atoms with E-state index in [9.17, 15) is 8.78 Å². The second kappa shape index (κ2) is 3.83. The molecule has 1 heterocycles. The van der Waals surface area contributed by atoms with Crippen molar-refractivity contribution >= 4 is 34.2 Å². The van der Waals surface area contributed by atoms with Crippen LogP contribution in [-0.2, 0) is 0 Å². The fourth-order valence-electron chi connectivity index (χ4n) is 0.801. The van der Waals surface area contributed by atoms with Gasteiger partial charge in [0.15, 0.2) is 0 Å². The summed E-state index contributed by atoms with van der Waals surface area (Å²) < 4.78 is 24.9. The highest BCUT2D eigenvalue weighted by Crippen LogP contribution is 2.30. The van der Waals surface area contributed by atoms with Gasteiger partial charge in [0.25, 0.3) is 6.43 Å². The minimum absolute atomic E-state index is 0.0851. The largest absolute Gasteiger partial charge is 0.267 e. The Labute approximate surface area is 87.3 Å². The monoisotopic (exact) mass is 303 g/mol. The van der Waals surface area contributed by atoms with E-state index in [4.69, 9.17) is 11.6 Å². The lowest BCUT2D eigenvalue weighted by atomic mass is 10.2. The van der Waals surface area contributed by atoms with Gasteiger partial charge in [-0.05, 0) is 35.6 Å². The third-order valence-corrected chi connectivity index (χ3v) is 2.44. The molecule has 0 aliphatic carbocycles. The highest BCUT2D eigenvalue weighted by molar-refractivity contribution is 14.1. The molecule has 1 rings (SSSR count). The van der Waals surface area contributed by atoms with E-state index in [-0.39, 0.29) is 14.3 Å². The summed E-state index contributed by atoms with van der Waals surface area (Å²) in [5, 5.41) is 0.0851. The molecule has 0 aromatic carbocycles. The van der Waals surface area contributed by atoms with Crippen LogP contribution in [0.3, 0.4) is 0 Å². The van der Waals surface area contributed by atoms with Gasteiger partial charge in [0.2, 0.25) is 0 Å². The van der Waals surface area contributed by atoms with Gasteiger partial charge in [0.05, 0.1) is 10.6 Å². The molecule has 0 saturated heterocycles. The van der Waals surface area contributed by atoms with E-state index in [1.54, 1.807) is 29.5 Å². The van der Waals surface area contributed by atoms with Crippen LogP contribution in [0.2, 0.25) is 5.02 Å². The quantitative estimate of drug-likeness (QED) is 0.571. The molecule has 0 aliphatic rings. The maximum absolute atomic E-state index is 12.3. The fraction of sp³-hybridized carbons (Fsp3) is 0.286. The second-order valence-corrected chi connectivity index (χ2v) is 3.68. The van der Waals surface area contributed by atoms with Gasteiger partial charge in [-0.2, -0.15) is 0 Å². The van der Waals surface area contributed by atoms with E-state index in [0.717, 1.165) is 0 Å². The van der Waals surface area contributed by atoms with Crippen LogP contribution >= 0.6 is 34.2 Å². The summed E-state index contributed by atoms with van der Waals surface area (Å²) in [7, 11) is 0. The Morgan fingerprint density at radius 1 is 1.58 bits per heavy atom. The lowest BCUT2D eigenvalue weighted by molar-refractivity contribution is 0.150. The molecule has 0 spiro atoms. The number of alkyl halides is 2. The van der Waals surface area contributed by atoms with Crippen LogP contribution in [0.15, 0.2) is 6.07 Å². The van der Waals surface area contributed by atoms with E-state index >= 15 is 0 Å². The normalized spacial score (nSPS) is 10.8.